The highest BCUT2D eigenvalue weighted by molar-refractivity contribution is 5.87. The molecule has 1 aromatic rings. The van der Waals surface area contributed by atoms with E-state index in [9.17, 15) is 50.4 Å². The summed E-state index contributed by atoms with van der Waals surface area (Å²) in [6.07, 6.45) is -5.92. The van der Waals surface area contributed by atoms with E-state index in [1.54, 1.807) is 12.1 Å². The average molecular weight is 791 g/mol. The molecule has 312 valence electrons. The summed E-state index contributed by atoms with van der Waals surface area (Å²) in [5.74, 6) is -1.23. The SMILES string of the molecule is C=C1C[C@H]2CC[C@]1(OC1OC(COC(=O)/C=C/c3ccc(O)cc3)C(O)C(O)C1O)CCCCC1[C@](C)(C(=O)OC3OC(CO)C(O)C(O)C3O)CCC[C@]12C. The Kier molecular flexibility index (Phi) is 13.0. The lowest BCUT2D eigenvalue weighted by Gasteiger charge is -2.58. The Balaban J connectivity index is 1.13. The van der Waals surface area contributed by atoms with Crippen molar-refractivity contribution in [2.45, 2.75) is 145 Å². The first-order chi connectivity index (χ1) is 26.5. The molecule has 11 unspecified atom stereocenters. The molecule has 8 N–H and O–H groups in total. The molecule has 0 aromatic heterocycles. The number of carbonyl (C=O) groups is 2. The number of phenols is 1. The highest BCUT2D eigenvalue weighted by Crippen LogP contribution is 2.62. The second-order valence-electron chi connectivity index (χ2n) is 16.9. The number of hydrogen-bond acceptors (Lipinski definition) is 15. The Bertz CT molecular complexity index is 1580. The maximum absolute atomic E-state index is 14.1. The van der Waals surface area contributed by atoms with Crippen molar-refractivity contribution in [3.8, 4) is 5.75 Å². The van der Waals surface area contributed by atoms with Crippen LogP contribution in [0, 0.1) is 22.7 Å². The third-order valence-corrected chi connectivity index (χ3v) is 13.5. The molecule has 2 bridgehead atoms. The molecular formula is C41H58O15. The van der Waals surface area contributed by atoms with Gasteiger partial charge in [0.05, 0.1) is 17.6 Å². The van der Waals surface area contributed by atoms with Gasteiger partial charge in [0.2, 0.25) is 6.29 Å². The number of phenolic OH excluding ortho intramolecular Hbond substituents is 1. The summed E-state index contributed by atoms with van der Waals surface area (Å²) in [6, 6.07) is 6.18. The van der Waals surface area contributed by atoms with Crippen LogP contribution in [0.2, 0.25) is 0 Å². The number of aliphatic hydroxyl groups excluding tert-OH is 7. The molecule has 15 heteroatoms. The predicted molar refractivity (Wildman–Crippen MR) is 197 cm³/mol. The zero-order valence-corrected chi connectivity index (χ0v) is 32.0. The third-order valence-electron chi connectivity index (χ3n) is 13.5. The molecule has 4 saturated carbocycles. The normalized spacial score (nSPS) is 43.2. The summed E-state index contributed by atoms with van der Waals surface area (Å²) >= 11 is 0. The Morgan fingerprint density at radius 3 is 2.16 bits per heavy atom. The van der Waals surface area contributed by atoms with Gasteiger partial charge in [-0.1, -0.05) is 44.9 Å². The van der Waals surface area contributed by atoms with E-state index in [0.29, 0.717) is 56.9 Å². The highest BCUT2D eigenvalue weighted by Gasteiger charge is 2.59. The van der Waals surface area contributed by atoms with Crippen molar-refractivity contribution in [3.05, 3.63) is 48.1 Å². The van der Waals surface area contributed by atoms with E-state index in [4.69, 9.17) is 23.7 Å². The van der Waals surface area contributed by atoms with E-state index >= 15 is 0 Å². The molecule has 4 aliphatic carbocycles. The lowest BCUT2D eigenvalue weighted by atomic mass is 9.47. The van der Waals surface area contributed by atoms with Gasteiger partial charge in [-0.05, 0) is 98.5 Å². The van der Waals surface area contributed by atoms with E-state index in [1.807, 2.05) is 6.92 Å². The molecule has 6 fully saturated rings. The summed E-state index contributed by atoms with van der Waals surface area (Å²) < 4.78 is 29.3. The van der Waals surface area contributed by atoms with Gasteiger partial charge in [0.25, 0.3) is 0 Å². The van der Waals surface area contributed by atoms with Crippen molar-refractivity contribution >= 4 is 18.0 Å². The smallest absolute Gasteiger partial charge is 0.330 e. The molecule has 1 aromatic carbocycles. The van der Waals surface area contributed by atoms with Gasteiger partial charge in [-0.25, -0.2) is 4.79 Å². The largest absolute Gasteiger partial charge is 0.508 e. The summed E-state index contributed by atoms with van der Waals surface area (Å²) in [7, 11) is 0. The predicted octanol–water partition coefficient (Wildman–Crippen LogP) is 1.60. The van der Waals surface area contributed by atoms with E-state index in [1.165, 1.54) is 24.3 Å². The van der Waals surface area contributed by atoms with Crippen molar-refractivity contribution in [1.29, 1.82) is 0 Å². The van der Waals surface area contributed by atoms with Crippen LogP contribution in [-0.2, 0) is 33.3 Å². The van der Waals surface area contributed by atoms with Crippen molar-refractivity contribution in [1.82, 2.24) is 0 Å². The first-order valence-electron chi connectivity index (χ1n) is 19.7. The maximum atomic E-state index is 14.1. The summed E-state index contributed by atoms with van der Waals surface area (Å²) in [5, 5.41) is 82.9. The second kappa shape index (κ2) is 17.1. The van der Waals surface area contributed by atoms with Crippen molar-refractivity contribution in [3.63, 3.8) is 0 Å². The minimum absolute atomic E-state index is 0.0841. The molecule has 2 aliphatic heterocycles. The van der Waals surface area contributed by atoms with Crippen molar-refractivity contribution in [2.75, 3.05) is 13.2 Å². The average Bonchev–Trinajstić information content (AvgIpc) is 3.17. The van der Waals surface area contributed by atoms with Crippen LogP contribution >= 0.6 is 0 Å². The molecule has 7 rings (SSSR count). The number of rotatable bonds is 9. The van der Waals surface area contributed by atoms with Gasteiger partial charge in [-0.3, -0.25) is 4.79 Å². The van der Waals surface area contributed by atoms with Crippen molar-refractivity contribution in [2.24, 2.45) is 22.7 Å². The van der Waals surface area contributed by atoms with E-state index in [2.05, 4.69) is 13.5 Å². The lowest BCUT2D eigenvalue weighted by Crippen LogP contribution is -2.62. The van der Waals surface area contributed by atoms with E-state index in [-0.39, 0.29) is 23.0 Å². The topological polar surface area (TPSA) is 242 Å². The van der Waals surface area contributed by atoms with Crippen molar-refractivity contribution < 1.29 is 74.1 Å². The fourth-order valence-electron chi connectivity index (χ4n) is 10.0. The van der Waals surface area contributed by atoms with Gasteiger partial charge in [-0.15, -0.1) is 0 Å². The number of aromatic hydroxyl groups is 1. The quantitative estimate of drug-likeness (QED) is 0.101. The molecule has 56 heavy (non-hydrogen) atoms. The van der Waals surface area contributed by atoms with Gasteiger partial charge in [-0.2, -0.15) is 0 Å². The number of aliphatic hydroxyl groups is 7. The number of ether oxygens (including phenoxy) is 5. The molecule has 2 saturated heterocycles. The van der Waals surface area contributed by atoms with Crippen LogP contribution in [0.25, 0.3) is 6.08 Å². The van der Waals surface area contributed by atoms with E-state index < -0.39 is 97.6 Å². The monoisotopic (exact) mass is 790 g/mol. The van der Waals surface area contributed by atoms with Crippen LogP contribution in [0.3, 0.4) is 0 Å². The third kappa shape index (κ3) is 8.31. The molecule has 0 spiro atoms. The van der Waals surface area contributed by atoms with Crippen LogP contribution < -0.4 is 0 Å². The first kappa shape index (κ1) is 42.6. The summed E-state index contributed by atoms with van der Waals surface area (Å²) in [4.78, 5) is 26.6. The lowest BCUT2D eigenvalue weighted by molar-refractivity contribution is -0.326. The second-order valence-corrected chi connectivity index (χ2v) is 16.9. The number of benzene rings is 1. The van der Waals surface area contributed by atoms with Gasteiger partial charge in [0.15, 0.2) is 6.29 Å². The van der Waals surface area contributed by atoms with Gasteiger partial charge in [0.1, 0.15) is 61.2 Å². The molecule has 15 atom stereocenters. The molecule has 0 radical (unpaired) electrons. The van der Waals surface area contributed by atoms with Crippen LogP contribution in [0.5, 0.6) is 5.75 Å². The zero-order chi connectivity index (χ0) is 40.6. The molecule has 2 heterocycles. The van der Waals surface area contributed by atoms with Gasteiger partial charge < -0.3 is 64.5 Å². The van der Waals surface area contributed by atoms with Crippen LogP contribution in [0.4, 0.5) is 0 Å². The summed E-state index contributed by atoms with van der Waals surface area (Å²) in [6.45, 7) is 7.52. The molecular weight excluding hydrogens is 732 g/mol. The molecule has 15 nitrogen and oxygen atoms in total. The van der Waals surface area contributed by atoms with Crippen LogP contribution in [-0.4, -0.2) is 133 Å². The molecule has 0 amide bonds. The highest BCUT2D eigenvalue weighted by atomic mass is 16.7. The van der Waals surface area contributed by atoms with Gasteiger partial charge in [0, 0.05) is 6.08 Å². The van der Waals surface area contributed by atoms with E-state index in [0.717, 1.165) is 18.4 Å². The number of hydrogen-bond donors (Lipinski definition) is 8. The Morgan fingerprint density at radius 2 is 1.48 bits per heavy atom. The van der Waals surface area contributed by atoms with Gasteiger partial charge >= 0.3 is 11.9 Å². The molecule has 6 aliphatic rings. The van der Waals surface area contributed by atoms with Crippen LogP contribution in [0.1, 0.15) is 83.6 Å². The Hall–Kier alpha value is -2.96. The van der Waals surface area contributed by atoms with Crippen LogP contribution in [0.15, 0.2) is 42.5 Å². The minimum atomic E-state index is -1.70. The standard InChI is InChI=1S/C41H58O15/c1-22-19-24-14-18-41(22,56-37-35(50)33(48)31(46)27(54-37)21-52-29(44)13-10-23-8-11-25(43)12-9-23)17-5-4-7-28-39(24,2)15-6-16-40(28,3)38(51)55-36-34(49)32(47)30(45)26(20-42)53-36/h8-13,24,26-28,30-37,42-43,45-50H,1,4-7,14-21H2,2-3H3/b13-10+/t24-,26?,27?,28?,30?,31?,32?,33?,34?,35?,36?,37?,39+,40-,41-/m1/s1. The first-order valence-corrected chi connectivity index (χ1v) is 19.7. The Morgan fingerprint density at radius 1 is 0.821 bits per heavy atom. The zero-order valence-electron chi connectivity index (χ0n) is 32.0. The summed E-state index contributed by atoms with van der Waals surface area (Å²) in [5.41, 5.74) is -0.765. The number of carbonyl (C=O) groups excluding carboxylic acids is 2. The minimum Gasteiger partial charge on any atom is -0.508 e. The maximum Gasteiger partial charge on any atom is 0.330 e. The fraction of sp³-hybridized carbons (Fsp3) is 0.707. The Labute approximate surface area is 326 Å². The number of esters is 2. The fourth-order valence-corrected chi connectivity index (χ4v) is 10.0. The number of fused-ring (bicyclic) bond motifs is 5.